The summed E-state index contributed by atoms with van der Waals surface area (Å²) in [6, 6.07) is 8.45. The van der Waals surface area contributed by atoms with Gasteiger partial charge in [-0.1, -0.05) is 12.1 Å². The van der Waals surface area contributed by atoms with Crippen LogP contribution in [-0.4, -0.2) is 34.8 Å². The number of nitrogens with one attached hydrogen (secondary N) is 1. The highest BCUT2D eigenvalue weighted by Crippen LogP contribution is 2.37. The van der Waals surface area contributed by atoms with Crippen molar-refractivity contribution in [2.75, 3.05) is 7.05 Å². The molecule has 0 bridgehead atoms. The Morgan fingerprint density at radius 3 is 2.58 bits per heavy atom. The van der Waals surface area contributed by atoms with E-state index in [4.69, 9.17) is 5.11 Å². The van der Waals surface area contributed by atoms with Crippen LogP contribution in [0.2, 0.25) is 0 Å². The number of hydrogen-bond donors (Lipinski definition) is 2. The zero-order valence-corrected chi connectivity index (χ0v) is 14.8. The second kappa shape index (κ2) is 7.25. The molecule has 0 saturated carbocycles. The van der Waals surface area contributed by atoms with Gasteiger partial charge in [-0.2, -0.15) is 0 Å². The molecule has 1 aromatic heterocycles. The number of thiophene rings is 1. The molecule has 2 N–H and O–H groups in total. The van der Waals surface area contributed by atoms with E-state index in [1.165, 1.54) is 23.1 Å². The molecule has 3 rings (SSSR count). The minimum Gasteiger partial charge on any atom is -0.477 e. The van der Waals surface area contributed by atoms with Gasteiger partial charge in [0.2, 0.25) is 11.8 Å². The van der Waals surface area contributed by atoms with Gasteiger partial charge in [0.15, 0.2) is 0 Å². The predicted octanol–water partition coefficient (Wildman–Crippen LogP) is 2.42. The van der Waals surface area contributed by atoms with Gasteiger partial charge >= 0.3 is 5.97 Å². The van der Waals surface area contributed by atoms with Crippen molar-refractivity contribution in [2.45, 2.75) is 19.0 Å². The number of hydrogen-bond acceptors (Lipinski definition) is 4. The SMILES string of the molecule is CN1C(=O)CC(C(=O)NCc2ccc(C(=O)O)s2)C1c1ccc(F)cc1. The van der Waals surface area contributed by atoms with E-state index < -0.39 is 17.9 Å². The van der Waals surface area contributed by atoms with Crippen LogP contribution in [0.25, 0.3) is 0 Å². The zero-order chi connectivity index (χ0) is 18.8. The number of rotatable bonds is 5. The van der Waals surface area contributed by atoms with Crippen molar-refractivity contribution in [2.24, 2.45) is 5.92 Å². The van der Waals surface area contributed by atoms with Gasteiger partial charge in [0, 0.05) is 18.3 Å². The lowest BCUT2D eigenvalue weighted by Crippen LogP contribution is -2.34. The van der Waals surface area contributed by atoms with E-state index in [0.717, 1.165) is 11.3 Å². The molecule has 2 amide bonds. The molecule has 6 nitrogen and oxygen atoms in total. The van der Waals surface area contributed by atoms with Gasteiger partial charge in [0.25, 0.3) is 0 Å². The highest BCUT2D eigenvalue weighted by Gasteiger charge is 2.42. The average molecular weight is 376 g/mol. The van der Waals surface area contributed by atoms with Crippen molar-refractivity contribution < 1.29 is 23.9 Å². The number of likely N-dealkylation sites (tertiary alicyclic amines) is 1. The number of benzene rings is 1. The fraction of sp³-hybridized carbons (Fsp3) is 0.278. The van der Waals surface area contributed by atoms with Crippen molar-refractivity contribution in [1.29, 1.82) is 0 Å². The number of aromatic carboxylic acids is 1. The van der Waals surface area contributed by atoms with E-state index in [2.05, 4.69) is 5.32 Å². The number of carbonyl (C=O) groups is 3. The number of carboxylic acids is 1. The summed E-state index contributed by atoms with van der Waals surface area (Å²) < 4.78 is 13.2. The molecule has 26 heavy (non-hydrogen) atoms. The highest BCUT2D eigenvalue weighted by molar-refractivity contribution is 7.13. The summed E-state index contributed by atoms with van der Waals surface area (Å²) in [5.74, 6) is -2.41. The normalized spacial score (nSPS) is 19.6. The molecule has 1 saturated heterocycles. The Hall–Kier alpha value is -2.74. The van der Waals surface area contributed by atoms with Crippen molar-refractivity contribution in [3.63, 3.8) is 0 Å². The van der Waals surface area contributed by atoms with Crippen LogP contribution in [0, 0.1) is 11.7 Å². The minimum atomic E-state index is -1.01. The Morgan fingerprint density at radius 1 is 1.27 bits per heavy atom. The van der Waals surface area contributed by atoms with Gasteiger partial charge in [-0.25, -0.2) is 9.18 Å². The van der Waals surface area contributed by atoms with Crippen molar-refractivity contribution in [1.82, 2.24) is 10.2 Å². The Balaban J connectivity index is 1.72. The van der Waals surface area contributed by atoms with E-state index in [1.807, 2.05) is 0 Å². The van der Waals surface area contributed by atoms with Crippen LogP contribution in [0.5, 0.6) is 0 Å². The number of carboxylic acid groups (broad SMARTS) is 1. The van der Waals surface area contributed by atoms with Crippen molar-refractivity contribution in [3.05, 3.63) is 57.5 Å². The summed E-state index contributed by atoms with van der Waals surface area (Å²) in [6.45, 7) is 0.196. The third-order valence-electron chi connectivity index (χ3n) is 4.44. The topological polar surface area (TPSA) is 86.7 Å². The van der Waals surface area contributed by atoms with Crippen LogP contribution in [0.15, 0.2) is 36.4 Å². The van der Waals surface area contributed by atoms with Crippen LogP contribution in [0.3, 0.4) is 0 Å². The number of amides is 2. The standard InChI is InChI=1S/C18H17FN2O4S/c1-21-15(22)8-13(16(21)10-2-4-11(19)5-3-10)17(23)20-9-12-6-7-14(26-12)18(24)25/h2-7,13,16H,8-9H2,1H3,(H,20,23)(H,24,25). The van der Waals surface area contributed by atoms with Crippen LogP contribution in [0.4, 0.5) is 4.39 Å². The Kier molecular flexibility index (Phi) is 5.03. The maximum absolute atomic E-state index is 13.2. The molecule has 2 atom stereocenters. The molecule has 1 aliphatic rings. The average Bonchev–Trinajstić information content (AvgIpc) is 3.20. The second-order valence-electron chi connectivity index (χ2n) is 6.10. The molecular weight excluding hydrogens is 359 g/mol. The molecule has 136 valence electrons. The van der Waals surface area contributed by atoms with Gasteiger partial charge in [-0.3, -0.25) is 9.59 Å². The van der Waals surface area contributed by atoms with Crippen LogP contribution in [-0.2, 0) is 16.1 Å². The molecule has 0 spiro atoms. The molecule has 0 radical (unpaired) electrons. The maximum atomic E-state index is 13.2. The van der Waals surface area contributed by atoms with Crippen molar-refractivity contribution in [3.8, 4) is 0 Å². The first-order chi connectivity index (χ1) is 12.4. The molecular formula is C18H17FN2O4S. The second-order valence-corrected chi connectivity index (χ2v) is 7.27. The highest BCUT2D eigenvalue weighted by atomic mass is 32.1. The quantitative estimate of drug-likeness (QED) is 0.839. The molecule has 2 heterocycles. The maximum Gasteiger partial charge on any atom is 0.345 e. The summed E-state index contributed by atoms with van der Waals surface area (Å²) in [5, 5.41) is 11.7. The Bertz CT molecular complexity index is 849. The third kappa shape index (κ3) is 3.60. The van der Waals surface area contributed by atoms with Gasteiger partial charge < -0.3 is 15.3 Å². The first-order valence-electron chi connectivity index (χ1n) is 7.97. The summed E-state index contributed by atoms with van der Waals surface area (Å²) in [6.07, 6.45) is 0.0786. The molecule has 1 fully saturated rings. The van der Waals surface area contributed by atoms with Crippen LogP contribution >= 0.6 is 11.3 Å². The summed E-state index contributed by atoms with van der Waals surface area (Å²) in [5.41, 5.74) is 0.698. The smallest absolute Gasteiger partial charge is 0.345 e. The van der Waals surface area contributed by atoms with E-state index in [-0.39, 0.29) is 35.5 Å². The number of carbonyl (C=O) groups excluding carboxylic acids is 2. The lowest BCUT2D eigenvalue weighted by molar-refractivity contribution is -0.128. The fourth-order valence-corrected chi connectivity index (χ4v) is 3.90. The first kappa shape index (κ1) is 18.1. The molecule has 0 aliphatic carbocycles. The van der Waals surface area contributed by atoms with Crippen LogP contribution in [0.1, 0.15) is 32.6 Å². The van der Waals surface area contributed by atoms with E-state index >= 15 is 0 Å². The molecule has 2 unspecified atom stereocenters. The molecule has 1 aliphatic heterocycles. The summed E-state index contributed by atoms with van der Waals surface area (Å²) in [4.78, 5) is 38.1. The molecule has 1 aromatic carbocycles. The van der Waals surface area contributed by atoms with E-state index in [0.29, 0.717) is 10.4 Å². The van der Waals surface area contributed by atoms with Gasteiger partial charge in [0.1, 0.15) is 10.7 Å². The fourth-order valence-electron chi connectivity index (χ4n) is 3.11. The minimum absolute atomic E-state index is 0.0786. The lowest BCUT2D eigenvalue weighted by atomic mass is 9.93. The van der Waals surface area contributed by atoms with Crippen LogP contribution < -0.4 is 5.32 Å². The monoisotopic (exact) mass is 376 g/mol. The van der Waals surface area contributed by atoms with Gasteiger partial charge in [-0.05, 0) is 29.8 Å². The van der Waals surface area contributed by atoms with E-state index in [9.17, 15) is 18.8 Å². The summed E-state index contributed by atoms with van der Waals surface area (Å²) in [7, 11) is 1.63. The van der Waals surface area contributed by atoms with Gasteiger partial charge in [-0.15, -0.1) is 11.3 Å². The van der Waals surface area contributed by atoms with Gasteiger partial charge in [0.05, 0.1) is 18.5 Å². The third-order valence-corrected chi connectivity index (χ3v) is 5.52. The lowest BCUT2D eigenvalue weighted by Gasteiger charge is -2.24. The number of nitrogens with zero attached hydrogens (tertiary/aromatic N) is 1. The predicted molar refractivity (Wildman–Crippen MR) is 93.1 cm³/mol. The number of halogens is 1. The first-order valence-corrected chi connectivity index (χ1v) is 8.79. The largest absolute Gasteiger partial charge is 0.477 e. The summed E-state index contributed by atoms with van der Waals surface area (Å²) >= 11 is 1.09. The molecule has 2 aromatic rings. The Morgan fingerprint density at radius 2 is 1.96 bits per heavy atom. The molecule has 8 heteroatoms. The van der Waals surface area contributed by atoms with Crippen molar-refractivity contribution >= 4 is 29.1 Å². The zero-order valence-electron chi connectivity index (χ0n) is 13.9. The Labute approximate surface area is 153 Å². The van der Waals surface area contributed by atoms with E-state index in [1.54, 1.807) is 25.2 Å².